The summed E-state index contributed by atoms with van der Waals surface area (Å²) in [5.41, 5.74) is 1.23. The van der Waals surface area contributed by atoms with Crippen LogP contribution < -0.4 is 0 Å². The highest BCUT2D eigenvalue weighted by atomic mass is 16.3. The van der Waals surface area contributed by atoms with E-state index in [1.807, 2.05) is 30.3 Å². The number of hydrogen-bond acceptors (Lipinski definition) is 1. The predicted octanol–water partition coefficient (Wildman–Crippen LogP) is 3.89. The zero-order chi connectivity index (χ0) is 10.7. The van der Waals surface area contributed by atoms with E-state index in [-0.39, 0.29) is 0 Å². The highest BCUT2D eigenvalue weighted by Gasteiger charge is 2.01. The van der Waals surface area contributed by atoms with Crippen LogP contribution in [0.15, 0.2) is 36.4 Å². The molecule has 0 aromatic heterocycles. The minimum atomic E-state index is 0.402. The van der Waals surface area contributed by atoms with Gasteiger partial charge < -0.3 is 5.11 Å². The molecule has 0 aliphatic rings. The van der Waals surface area contributed by atoms with Gasteiger partial charge in [-0.3, -0.25) is 0 Å². The summed E-state index contributed by atoms with van der Waals surface area (Å²) in [7, 11) is 0. The van der Waals surface area contributed by atoms with E-state index in [1.54, 1.807) is 0 Å². The van der Waals surface area contributed by atoms with Crippen molar-refractivity contribution < 1.29 is 5.11 Å². The van der Waals surface area contributed by atoms with Crippen molar-refractivity contribution in [3.63, 3.8) is 0 Å². The summed E-state index contributed by atoms with van der Waals surface area (Å²) in [4.78, 5) is 0. The van der Waals surface area contributed by atoms with Crippen molar-refractivity contribution >= 4 is 10.8 Å². The van der Waals surface area contributed by atoms with Crippen molar-refractivity contribution in [3.8, 4) is 5.75 Å². The van der Waals surface area contributed by atoms with Crippen molar-refractivity contribution in [2.24, 2.45) is 0 Å². The Labute approximate surface area is 90.4 Å². The van der Waals surface area contributed by atoms with Crippen molar-refractivity contribution in [1.29, 1.82) is 0 Å². The van der Waals surface area contributed by atoms with Gasteiger partial charge in [0.05, 0.1) is 0 Å². The van der Waals surface area contributed by atoms with Crippen LogP contribution in [-0.4, -0.2) is 5.11 Å². The van der Waals surface area contributed by atoms with Gasteiger partial charge in [-0.1, -0.05) is 43.7 Å². The Morgan fingerprint density at radius 2 is 1.93 bits per heavy atom. The van der Waals surface area contributed by atoms with Gasteiger partial charge in [-0.25, -0.2) is 0 Å². The third kappa shape index (κ3) is 2.12. The van der Waals surface area contributed by atoms with E-state index >= 15 is 0 Å². The summed E-state index contributed by atoms with van der Waals surface area (Å²) in [6.45, 7) is 2.18. The normalized spacial score (nSPS) is 10.7. The second-order valence-corrected chi connectivity index (χ2v) is 3.94. The second-order valence-electron chi connectivity index (χ2n) is 3.94. The fourth-order valence-corrected chi connectivity index (χ4v) is 1.88. The molecular weight excluding hydrogens is 184 g/mol. The Bertz CT molecular complexity index is 460. The van der Waals surface area contributed by atoms with E-state index < -0.39 is 0 Å². The molecule has 0 aliphatic carbocycles. The van der Waals surface area contributed by atoms with E-state index in [2.05, 4.69) is 13.0 Å². The van der Waals surface area contributed by atoms with Gasteiger partial charge in [0.1, 0.15) is 5.75 Å². The van der Waals surface area contributed by atoms with Gasteiger partial charge in [-0.05, 0) is 29.9 Å². The molecular formula is C14H16O. The third-order valence-electron chi connectivity index (χ3n) is 2.72. The van der Waals surface area contributed by atoms with Gasteiger partial charge in [0, 0.05) is 5.39 Å². The van der Waals surface area contributed by atoms with E-state index in [4.69, 9.17) is 0 Å². The molecule has 2 aromatic rings. The van der Waals surface area contributed by atoms with Crippen molar-refractivity contribution in [2.75, 3.05) is 0 Å². The smallest absolute Gasteiger partial charge is 0.123 e. The molecule has 1 N–H and O–H groups in total. The summed E-state index contributed by atoms with van der Waals surface area (Å²) in [6, 6.07) is 12.0. The number of aryl methyl sites for hydroxylation is 1. The summed E-state index contributed by atoms with van der Waals surface area (Å²) in [6.07, 6.45) is 3.42. The summed E-state index contributed by atoms with van der Waals surface area (Å²) in [5.74, 6) is 0.402. The fraction of sp³-hybridized carbons (Fsp3) is 0.286. The number of aromatic hydroxyl groups is 1. The minimum Gasteiger partial charge on any atom is -0.507 e. The lowest BCUT2D eigenvalue weighted by Gasteiger charge is -2.05. The molecule has 0 unspecified atom stereocenters. The first-order valence-electron chi connectivity index (χ1n) is 5.52. The van der Waals surface area contributed by atoms with Gasteiger partial charge in [0.2, 0.25) is 0 Å². The largest absolute Gasteiger partial charge is 0.507 e. The van der Waals surface area contributed by atoms with Gasteiger partial charge >= 0.3 is 0 Å². The summed E-state index contributed by atoms with van der Waals surface area (Å²) in [5, 5.41) is 11.9. The van der Waals surface area contributed by atoms with E-state index in [9.17, 15) is 5.11 Å². The Morgan fingerprint density at radius 1 is 1.13 bits per heavy atom. The first-order valence-corrected chi connectivity index (χ1v) is 5.52. The number of unbranched alkanes of at least 4 members (excludes halogenated alkanes) is 1. The van der Waals surface area contributed by atoms with Crippen LogP contribution in [-0.2, 0) is 6.42 Å². The van der Waals surface area contributed by atoms with Crippen LogP contribution in [0.5, 0.6) is 5.75 Å². The van der Waals surface area contributed by atoms with Crippen LogP contribution in [0.1, 0.15) is 25.3 Å². The molecule has 0 saturated heterocycles. The molecule has 1 nitrogen and oxygen atoms in total. The lowest BCUT2D eigenvalue weighted by Crippen LogP contribution is -1.85. The van der Waals surface area contributed by atoms with Gasteiger partial charge in [0.15, 0.2) is 0 Å². The van der Waals surface area contributed by atoms with Crippen molar-refractivity contribution in [1.82, 2.24) is 0 Å². The lowest BCUT2D eigenvalue weighted by atomic mass is 10.0. The molecule has 0 heterocycles. The first-order chi connectivity index (χ1) is 7.31. The molecule has 2 rings (SSSR count). The molecule has 15 heavy (non-hydrogen) atoms. The molecule has 0 atom stereocenters. The molecule has 78 valence electrons. The first kappa shape index (κ1) is 10.0. The number of fused-ring (bicyclic) bond motifs is 1. The predicted molar refractivity (Wildman–Crippen MR) is 64.2 cm³/mol. The molecule has 0 saturated carbocycles. The topological polar surface area (TPSA) is 20.2 Å². The van der Waals surface area contributed by atoms with Crippen LogP contribution in [0.3, 0.4) is 0 Å². The Kier molecular flexibility index (Phi) is 2.91. The maximum Gasteiger partial charge on any atom is 0.123 e. The Hall–Kier alpha value is -1.50. The van der Waals surface area contributed by atoms with Gasteiger partial charge in [0.25, 0.3) is 0 Å². The van der Waals surface area contributed by atoms with Crippen molar-refractivity contribution in [2.45, 2.75) is 26.2 Å². The quantitative estimate of drug-likeness (QED) is 0.797. The Balaban J connectivity index is 2.43. The lowest BCUT2D eigenvalue weighted by molar-refractivity contribution is 0.481. The average molecular weight is 200 g/mol. The molecule has 2 aromatic carbocycles. The Morgan fingerprint density at radius 3 is 2.73 bits per heavy atom. The number of rotatable bonds is 3. The maximum absolute atomic E-state index is 9.85. The van der Waals surface area contributed by atoms with Crippen LogP contribution in [0.4, 0.5) is 0 Å². The zero-order valence-electron chi connectivity index (χ0n) is 9.03. The standard InChI is InChI=1S/C14H16O/c1-2-3-6-11-9-12-7-4-5-8-13(12)14(15)10-11/h4-5,7-10,15H,2-3,6H2,1H3. The van der Waals surface area contributed by atoms with E-state index in [1.165, 1.54) is 18.4 Å². The molecule has 0 bridgehead atoms. The van der Waals surface area contributed by atoms with Gasteiger partial charge in [-0.15, -0.1) is 0 Å². The van der Waals surface area contributed by atoms with Crippen LogP contribution in [0.2, 0.25) is 0 Å². The highest BCUT2D eigenvalue weighted by molar-refractivity contribution is 5.88. The zero-order valence-corrected chi connectivity index (χ0v) is 9.03. The molecule has 0 amide bonds. The SMILES string of the molecule is CCCCc1cc(O)c2ccccc2c1. The van der Waals surface area contributed by atoms with Crippen molar-refractivity contribution in [3.05, 3.63) is 42.0 Å². The van der Waals surface area contributed by atoms with Gasteiger partial charge in [-0.2, -0.15) is 0 Å². The minimum absolute atomic E-state index is 0.402. The van der Waals surface area contributed by atoms with Crippen LogP contribution in [0.25, 0.3) is 10.8 Å². The molecule has 1 heteroatoms. The average Bonchev–Trinajstić information content (AvgIpc) is 2.26. The molecule has 0 fully saturated rings. The van der Waals surface area contributed by atoms with Crippen LogP contribution >= 0.6 is 0 Å². The fourth-order valence-electron chi connectivity index (χ4n) is 1.88. The molecule has 0 spiro atoms. The number of benzene rings is 2. The number of phenolic OH excluding ortho intramolecular Hbond substituents is 1. The molecule has 0 radical (unpaired) electrons. The highest BCUT2D eigenvalue weighted by Crippen LogP contribution is 2.26. The molecule has 0 aliphatic heterocycles. The summed E-state index contributed by atoms with van der Waals surface area (Å²) < 4.78 is 0. The maximum atomic E-state index is 9.85. The monoisotopic (exact) mass is 200 g/mol. The third-order valence-corrected chi connectivity index (χ3v) is 2.72. The van der Waals surface area contributed by atoms with Crippen LogP contribution in [0, 0.1) is 0 Å². The second kappa shape index (κ2) is 4.35. The number of phenols is 1. The van der Waals surface area contributed by atoms with E-state index in [0.717, 1.165) is 17.2 Å². The number of hydrogen-bond donors (Lipinski definition) is 1. The van der Waals surface area contributed by atoms with E-state index in [0.29, 0.717) is 5.75 Å². The summed E-state index contributed by atoms with van der Waals surface area (Å²) >= 11 is 0.